The van der Waals surface area contributed by atoms with Crippen LogP contribution in [0.15, 0.2) is 61.0 Å². The number of thioether (sulfide) groups is 2. The number of hydrogen-bond donors (Lipinski definition) is 19. The van der Waals surface area contributed by atoms with Gasteiger partial charge in [0.1, 0.15) is 74.1 Å². The van der Waals surface area contributed by atoms with E-state index in [0.29, 0.717) is 47.3 Å². The molecule has 8 aliphatic rings. The highest BCUT2D eigenvalue weighted by Crippen LogP contribution is 2.44. The fourth-order valence-corrected chi connectivity index (χ4v) is 21.2. The Bertz CT molecular complexity index is 4380. The van der Waals surface area contributed by atoms with Crippen LogP contribution in [-0.2, 0) is 70.5 Å². The van der Waals surface area contributed by atoms with Gasteiger partial charge in [0.15, 0.2) is 11.5 Å². The Kier molecular flexibility index (Phi) is 45.6. The van der Waals surface area contributed by atoms with Crippen molar-refractivity contribution < 1.29 is 158 Å². The first kappa shape index (κ1) is 113. The maximum Gasteiger partial charge on any atom is 0.407 e. The minimum Gasteiger partial charge on any atom is -0.480 e. The molecule has 4 amide bonds. The molecule has 0 saturated carbocycles. The van der Waals surface area contributed by atoms with E-state index >= 15 is 0 Å². The number of aliphatic carboxylic acids is 6. The van der Waals surface area contributed by atoms with Gasteiger partial charge >= 0.3 is 59.4 Å². The number of aliphatic hydroxyl groups excluding tert-OH is 8. The van der Waals surface area contributed by atoms with Crippen LogP contribution in [0.4, 0.5) is 21.0 Å². The van der Waals surface area contributed by atoms with E-state index in [9.17, 15) is 140 Å². The lowest BCUT2D eigenvalue weighted by Crippen LogP contribution is -2.60. The minimum absolute atomic E-state index is 0.0386. The molecule has 0 aliphatic carbocycles. The van der Waals surface area contributed by atoms with E-state index in [2.05, 4.69) is 39.7 Å². The van der Waals surface area contributed by atoms with Crippen molar-refractivity contribution in [1.29, 1.82) is 0 Å². The number of likely N-dealkylation sites (N-methyl/N-ethyl adjacent to an activating group) is 1. The summed E-state index contributed by atoms with van der Waals surface area (Å²) in [6, 6.07) is 5.66. The molecule has 778 valence electrons. The SMILES string of the molecule is C=C1CC2CSC(CCCCC(=O)N(C)C[C@H](C(=O)O)N3CCN(CC(=O)O)CCN(CCNC(=O)OCc4ccc(OC5OC(CO)C(O)C(O)C5O)c([N+](=O)[O-])c4)CCN(CC(=O)O)CC3)C2N1.C=C1CC2CSC(CCCCC(=O)NC[C@H](C(=O)O)N3CCN(CC(=O)O)CCN(CCNC(=O)OCc4ccc(OC5OC(CO)C(O)C(O)C5O)c([N+](=O)[O-])c4)CCN(CC(=O)O)CC3)C2N1. The molecule has 0 radical (unpaired) electrons. The second-order valence-corrected chi connectivity index (χ2v) is 38.2. The third-order valence-corrected chi connectivity index (χ3v) is 28.8. The van der Waals surface area contributed by atoms with Crippen molar-refractivity contribution in [1.82, 2.24) is 70.7 Å². The normalized spacial score (nSPS) is 26.8. The molecule has 8 heterocycles. The summed E-state index contributed by atoms with van der Waals surface area (Å²) in [6.07, 6.45) is -10.8. The molecule has 0 aromatic heterocycles. The Morgan fingerprint density at radius 2 is 0.856 bits per heavy atom. The number of benzene rings is 2. The Morgan fingerprint density at radius 3 is 1.22 bits per heavy atom. The van der Waals surface area contributed by atoms with Crippen molar-refractivity contribution in [2.24, 2.45) is 11.8 Å². The number of amides is 4. The second kappa shape index (κ2) is 56.2. The molecule has 8 saturated heterocycles. The van der Waals surface area contributed by atoms with Crippen molar-refractivity contribution in [3.8, 4) is 11.5 Å². The highest BCUT2D eigenvalue weighted by Gasteiger charge is 2.49. The van der Waals surface area contributed by atoms with E-state index in [-0.39, 0.29) is 217 Å². The molecule has 2 aromatic carbocycles. The second-order valence-electron chi connectivity index (χ2n) is 35.7. The number of alkyl carbamates (subject to hydrolysis) is 2. The number of hydrogen-bond acceptors (Lipinski definition) is 40. The summed E-state index contributed by atoms with van der Waals surface area (Å²) in [5.41, 5.74) is 1.33. The van der Waals surface area contributed by atoms with Gasteiger partial charge < -0.3 is 131 Å². The van der Waals surface area contributed by atoms with Gasteiger partial charge in [-0.25, -0.2) is 9.59 Å². The molecule has 139 heavy (non-hydrogen) atoms. The minimum atomic E-state index is -1.81. The zero-order valence-corrected chi connectivity index (χ0v) is 79.3. The highest BCUT2D eigenvalue weighted by atomic mass is 32.2. The van der Waals surface area contributed by atoms with Crippen LogP contribution in [0.25, 0.3) is 0 Å². The molecule has 8 fully saturated rings. The molecule has 2 aromatic rings. The standard InChI is InChI=1S/C44H68N8O17S.C43H66N8O17S/c1-27-19-29-26-70-34(38(29)46-27)5-3-4-6-35(54)47(2)21-31(42(62)63)51-17-15-49(22-36(55)56)13-11-48(12-14-50(16-18-51)23-37(57)58)10-9-45-44(64)67-25-28-7-8-32(30(20-28)52(65)66)68-43-41(61)40(60)39(59)33(24-53)69-43;1-26-18-28-25-69-33(37(28)46-26)4-2-3-5-34(53)45-20-30(41(61)62)50-16-14-48(21-35(54)55)12-10-47(11-13-49(15-17-50)22-36(56)57)9-8-44-43(63)66-24-27-6-7-31(29(19-27)51(64)65)67-42-40(60)39(59)38(58)32(23-52)68-42/h7-8,20,29,31,33-34,38-41,43,46,53,59-61H,1,3-6,9-19,21-26H2,2H3,(H,45,64)(H,55,56)(H,57,58)(H,62,63);6-7,19,28,30,32-33,37-40,42,46,52,58-60H,1-5,8-18,20-25H2,(H,44,63)(H,45,53)(H,54,55)(H,56,57)(H,61,62)/t29?,31-,33?,34?,38?,39?,40?,41?,43?;28?,30-,32?,33?,37?,38?,39?,40?,42?/m11/s1. The zero-order valence-electron chi connectivity index (χ0n) is 77.6. The number of unbranched alkanes of at least 4 members (excludes halogenated alkanes) is 2. The van der Waals surface area contributed by atoms with Crippen molar-refractivity contribution in [2.45, 2.75) is 174 Å². The highest BCUT2D eigenvalue weighted by molar-refractivity contribution is 8.00. The van der Waals surface area contributed by atoms with Gasteiger partial charge in [-0.2, -0.15) is 23.5 Å². The van der Waals surface area contributed by atoms with Gasteiger partial charge in [0.2, 0.25) is 24.4 Å². The van der Waals surface area contributed by atoms with Crippen molar-refractivity contribution in [3.63, 3.8) is 0 Å². The maximum atomic E-state index is 13.3. The molecule has 10 rings (SSSR count). The number of nitro groups is 2. The largest absolute Gasteiger partial charge is 0.480 e. The smallest absolute Gasteiger partial charge is 0.407 e. The third-order valence-electron chi connectivity index (χ3n) is 25.6. The Hall–Kier alpha value is -9.80. The van der Waals surface area contributed by atoms with Gasteiger partial charge in [-0.1, -0.05) is 38.1 Å². The lowest BCUT2D eigenvalue weighted by atomic mass is 9.97. The zero-order chi connectivity index (χ0) is 101. The number of allylic oxidation sites excluding steroid dienone is 2. The number of carboxylic acids is 6. The van der Waals surface area contributed by atoms with Crippen molar-refractivity contribution in [3.05, 3.63) is 92.3 Å². The first-order chi connectivity index (χ1) is 66.2. The summed E-state index contributed by atoms with van der Waals surface area (Å²) in [5, 5.41) is 179. The summed E-state index contributed by atoms with van der Waals surface area (Å²) in [6.45, 7) is 7.71. The summed E-state index contributed by atoms with van der Waals surface area (Å²) in [7, 11) is 1.57. The molecule has 0 bridgehead atoms. The van der Waals surface area contributed by atoms with Crippen LogP contribution in [0.5, 0.6) is 11.5 Å². The number of fused-ring (bicyclic) bond motifs is 2. The van der Waals surface area contributed by atoms with Crippen LogP contribution in [0, 0.1) is 32.1 Å². The van der Waals surface area contributed by atoms with Gasteiger partial charge in [0.25, 0.3) is 0 Å². The Labute approximate surface area is 810 Å². The number of aliphatic hydroxyl groups is 8. The van der Waals surface area contributed by atoms with Crippen LogP contribution in [0.2, 0.25) is 0 Å². The number of ether oxygens (including phenoxy) is 6. The van der Waals surface area contributed by atoms with E-state index < -0.39 is 169 Å². The Balaban J connectivity index is 0.000000311. The molecule has 52 heteroatoms. The first-order valence-corrected chi connectivity index (χ1v) is 48.4. The van der Waals surface area contributed by atoms with Crippen LogP contribution < -0.4 is 36.1 Å². The Morgan fingerprint density at radius 1 is 0.496 bits per heavy atom. The van der Waals surface area contributed by atoms with Crippen molar-refractivity contribution >= 4 is 94.7 Å². The van der Waals surface area contributed by atoms with Crippen LogP contribution >= 0.6 is 23.5 Å². The summed E-state index contributed by atoms with van der Waals surface area (Å²) >= 11 is 3.91. The molecular weight excluding hydrogens is 1880 g/mol. The predicted molar refractivity (Wildman–Crippen MR) is 495 cm³/mol. The summed E-state index contributed by atoms with van der Waals surface area (Å²) in [5.74, 6) is -4.58. The quantitative estimate of drug-likeness (QED) is 0.0175. The summed E-state index contributed by atoms with van der Waals surface area (Å²) in [4.78, 5) is 162. The van der Waals surface area contributed by atoms with E-state index in [0.717, 1.165) is 85.7 Å². The summed E-state index contributed by atoms with van der Waals surface area (Å²) < 4.78 is 32.0. The van der Waals surface area contributed by atoms with Crippen LogP contribution in [0.3, 0.4) is 0 Å². The fourth-order valence-electron chi connectivity index (χ4n) is 17.9. The third kappa shape index (κ3) is 35.7. The maximum absolute atomic E-state index is 13.3. The van der Waals surface area contributed by atoms with E-state index in [1.165, 1.54) is 17.0 Å². The van der Waals surface area contributed by atoms with E-state index in [1.807, 2.05) is 33.3 Å². The number of rotatable bonds is 44. The molecule has 8 aliphatic heterocycles. The van der Waals surface area contributed by atoms with Gasteiger partial charge in [0, 0.05) is 210 Å². The number of nitro benzene ring substituents is 2. The van der Waals surface area contributed by atoms with E-state index in [4.69, 9.17) is 28.4 Å². The monoisotopic (exact) mass is 2010 g/mol. The lowest BCUT2D eigenvalue weighted by Gasteiger charge is -2.39. The molecule has 50 nitrogen and oxygen atoms in total. The molecule has 16 unspecified atom stereocenters. The molecule has 18 atom stereocenters. The first-order valence-electron chi connectivity index (χ1n) is 46.3. The van der Waals surface area contributed by atoms with Crippen molar-refractivity contribution in [2.75, 3.05) is 202 Å². The number of carbonyl (C=O) groups excluding carboxylic acids is 4. The molecule has 0 spiro atoms. The van der Waals surface area contributed by atoms with Gasteiger partial charge in [0.05, 0.1) is 49.2 Å². The predicted octanol–water partition coefficient (Wildman–Crippen LogP) is -3.40. The van der Waals surface area contributed by atoms with Gasteiger partial charge in [-0.3, -0.25) is 97.8 Å². The topological polar surface area (TPSA) is 685 Å². The average Bonchev–Trinajstić information content (AvgIpc) is 1.57. The molecule has 19 N–H and O–H groups in total. The number of nitrogens with one attached hydrogen (secondary N) is 5. The van der Waals surface area contributed by atoms with Crippen LogP contribution in [-0.4, -0.2) is 483 Å². The van der Waals surface area contributed by atoms with Gasteiger partial charge in [-0.15, -0.1) is 0 Å². The number of carboxylic acid groups (broad SMARTS) is 6. The molecular formula is C87H134N16O34S2. The number of nitrogens with zero attached hydrogens (tertiary/aromatic N) is 11. The number of carbonyl (C=O) groups is 10. The fraction of sp³-hybridized carbons (Fsp3) is 0.701. The average molecular weight is 2010 g/mol. The lowest BCUT2D eigenvalue weighted by molar-refractivity contribution is -0.387. The van der Waals surface area contributed by atoms with Gasteiger partial charge in [-0.05, 0) is 85.1 Å². The van der Waals surface area contributed by atoms with E-state index in [1.54, 1.807) is 36.4 Å². The van der Waals surface area contributed by atoms with Crippen LogP contribution in [0.1, 0.15) is 75.3 Å².